The van der Waals surface area contributed by atoms with Gasteiger partial charge < -0.3 is 10.1 Å². The van der Waals surface area contributed by atoms with Crippen LogP contribution in [0.3, 0.4) is 0 Å². The molecule has 1 N–H and O–H groups in total. The molecule has 1 fully saturated rings. The van der Waals surface area contributed by atoms with E-state index in [1.807, 2.05) is 12.1 Å². The molecule has 3 rings (SSSR count). The second-order valence-electron chi connectivity index (χ2n) is 5.34. The molecule has 0 aromatic heterocycles. The molecule has 0 aliphatic heterocycles. The van der Waals surface area contributed by atoms with Gasteiger partial charge in [0.1, 0.15) is 18.2 Å². The van der Waals surface area contributed by atoms with E-state index in [1.165, 1.54) is 30.5 Å². The molecule has 4 heteroatoms. The molecule has 2 aromatic carbocycles. The normalized spacial score (nSPS) is 14.2. The third-order valence-electron chi connectivity index (χ3n) is 3.45. The van der Waals surface area contributed by atoms with E-state index in [1.54, 1.807) is 6.07 Å². The van der Waals surface area contributed by atoms with E-state index in [9.17, 15) is 4.39 Å². The van der Waals surface area contributed by atoms with Crippen molar-refractivity contribution in [1.29, 1.82) is 0 Å². The van der Waals surface area contributed by atoms with Gasteiger partial charge in [-0.15, -0.1) is 0 Å². The number of ether oxygens (including phenoxy) is 1. The number of rotatable bonds is 6. The summed E-state index contributed by atoms with van der Waals surface area (Å²) in [4.78, 5) is 0. The third-order valence-corrected chi connectivity index (χ3v) is 4.07. The minimum Gasteiger partial charge on any atom is -0.488 e. The van der Waals surface area contributed by atoms with Crippen LogP contribution >= 0.6 is 15.9 Å². The highest BCUT2D eigenvalue weighted by atomic mass is 79.9. The Bertz CT molecular complexity index is 628. The van der Waals surface area contributed by atoms with Crippen LogP contribution in [0.1, 0.15) is 24.0 Å². The van der Waals surface area contributed by atoms with Crippen molar-refractivity contribution in [3.63, 3.8) is 0 Å². The predicted octanol–water partition coefficient (Wildman–Crippen LogP) is 4.42. The van der Waals surface area contributed by atoms with Crippen LogP contribution in [-0.4, -0.2) is 6.04 Å². The van der Waals surface area contributed by atoms with E-state index in [0.717, 1.165) is 22.3 Å². The molecule has 0 saturated heterocycles. The van der Waals surface area contributed by atoms with E-state index < -0.39 is 0 Å². The second-order valence-corrected chi connectivity index (χ2v) is 6.19. The summed E-state index contributed by atoms with van der Waals surface area (Å²) in [6.45, 7) is 1.24. The first-order valence-electron chi connectivity index (χ1n) is 7.10. The molecule has 0 heterocycles. The van der Waals surface area contributed by atoms with Crippen molar-refractivity contribution in [2.24, 2.45) is 0 Å². The summed E-state index contributed by atoms with van der Waals surface area (Å²) in [6.07, 6.45) is 2.58. The lowest BCUT2D eigenvalue weighted by atomic mass is 10.2. The van der Waals surface area contributed by atoms with Crippen LogP contribution in [0.25, 0.3) is 0 Å². The lowest BCUT2D eigenvalue weighted by molar-refractivity contribution is 0.303. The van der Waals surface area contributed by atoms with Crippen molar-refractivity contribution >= 4 is 15.9 Å². The van der Waals surface area contributed by atoms with Gasteiger partial charge in [-0.2, -0.15) is 0 Å². The van der Waals surface area contributed by atoms with Crippen molar-refractivity contribution in [3.05, 3.63) is 63.9 Å². The zero-order valence-electron chi connectivity index (χ0n) is 11.6. The number of nitrogens with one attached hydrogen (secondary N) is 1. The standard InChI is InChI=1S/C17H17BrFNO/c18-16-9-12(10-20-15-5-6-15)4-7-17(16)21-11-13-2-1-3-14(19)8-13/h1-4,7-9,15,20H,5-6,10-11H2. The molecular weight excluding hydrogens is 333 g/mol. The molecule has 2 aromatic rings. The molecule has 21 heavy (non-hydrogen) atoms. The third kappa shape index (κ3) is 4.29. The minimum absolute atomic E-state index is 0.239. The highest BCUT2D eigenvalue weighted by Gasteiger charge is 2.20. The number of hydrogen-bond donors (Lipinski definition) is 1. The highest BCUT2D eigenvalue weighted by molar-refractivity contribution is 9.10. The Labute approximate surface area is 132 Å². The van der Waals surface area contributed by atoms with E-state index in [2.05, 4.69) is 33.4 Å². The lowest BCUT2D eigenvalue weighted by Gasteiger charge is -2.10. The first-order valence-corrected chi connectivity index (χ1v) is 7.89. The van der Waals surface area contributed by atoms with Crippen LogP contribution in [0.5, 0.6) is 5.75 Å². The van der Waals surface area contributed by atoms with Crippen LogP contribution in [0, 0.1) is 5.82 Å². The molecule has 110 valence electrons. The Kier molecular flexibility index (Phi) is 4.56. The fourth-order valence-electron chi connectivity index (χ4n) is 2.11. The summed E-state index contributed by atoms with van der Waals surface area (Å²) < 4.78 is 19.8. The summed E-state index contributed by atoms with van der Waals surface area (Å²) in [6, 6.07) is 13.2. The van der Waals surface area contributed by atoms with Crippen LogP contribution in [0.15, 0.2) is 46.9 Å². The van der Waals surface area contributed by atoms with Crippen LogP contribution in [0.4, 0.5) is 4.39 Å². The fourth-order valence-corrected chi connectivity index (χ4v) is 2.65. The maximum absolute atomic E-state index is 13.1. The molecular formula is C17H17BrFNO. The molecule has 1 aliphatic rings. The molecule has 1 aliphatic carbocycles. The number of benzene rings is 2. The van der Waals surface area contributed by atoms with Crippen LogP contribution in [-0.2, 0) is 13.2 Å². The van der Waals surface area contributed by atoms with Gasteiger partial charge in [-0.05, 0) is 64.2 Å². The van der Waals surface area contributed by atoms with Crippen molar-refractivity contribution in [1.82, 2.24) is 5.32 Å². The first kappa shape index (κ1) is 14.5. The van der Waals surface area contributed by atoms with Gasteiger partial charge >= 0.3 is 0 Å². The van der Waals surface area contributed by atoms with E-state index in [0.29, 0.717) is 12.6 Å². The fraction of sp³-hybridized carbons (Fsp3) is 0.294. The Hall–Kier alpha value is -1.39. The average molecular weight is 350 g/mol. The van der Waals surface area contributed by atoms with Gasteiger partial charge in [-0.3, -0.25) is 0 Å². The van der Waals surface area contributed by atoms with Crippen molar-refractivity contribution in [3.8, 4) is 5.75 Å². The topological polar surface area (TPSA) is 21.3 Å². The molecule has 0 amide bonds. The van der Waals surface area contributed by atoms with Crippen LogP contribution in [0.2, 0.25) is 0 Å². The summed E-state index contributed by atoms with van der Waals surface area (Å²) in [5, 5.41) is 3.48. The summed E-state index contributed by atoms with van der Waals surface area (Å²) in [5.74, 6) is 0.533. The van der Waals surface area contributed by atoms with E-state index in [4.69, 9.17) is 4.74 Å². The highest BCUT2D eigenvalue weighted by Crippen LogP contribution is 2.27. The zero-order valence-corrected chi connectivity index (χ0v) is 13.2. The molecule has 0 bridgehead atoms. The quantitative estimate of drug-likeness (QED) is 0.833. The van der Waals surface area contributed by atoms with E-state index in [-0.39, 0.29) is 5.82 Å². The smallest absolute Gasteiger partial charge is 0.134 e. The Morgan fingerprint density at radius 2 is 2.00 bits per heavy atom. The number of halogens is 2. The monoisotopic (exact) mass is 349 g/mol. The summed E-state index contributed by atoms with van der Waals surface area (Å²) in [7, 11) is 0. The summed E-state index contributed by atoms with van der Waals surface area (Å²) >= 11 is 3.53. The molecule has 0 radical (unpaired) electrons. The Morgan fingerprint density at radius 1 is 1.14 bits per heavy atom. The van der Waals surface area contributed by atoms with Gasteiger partial charge in [0.05, 0.1) is 4.47 Å². The zero-order chi connectivity index (χ0) is 14.7. The van der Waals surface area contributed by atoms with Gasteiger partial charge in [-0.25, -0.2) is 4.39 Å². The largest absolute Gasteiger partial charge is 0.488 e. The minimum atomic E-state index is -0.239. The SMILES string of the molecule is Fc1cccc(COc2ccc(CNC3CC3)cc2Br)c1. The Balaban J connectivity index is 1.59. The van der Waals surface area contributed by atoms with Gasteiger partial charge in [0.25, 0.3) is 0 Å². The summed E-state index contributed by atoms with van der Waals surface area (Å²) in [5.41, 5.74) is 2.05. The molecule has 0 unspecified atom stereocenters. The maximum Gasteiger partial charge on any atom is 0.134 e. The van der Waals surface area contributed by atoms with E-state index >= 15 is 0 Å². The van der Waals surface area contributed by atoms with Crippen molar-refractivity contribution in [2.45, 2.75) is 32.0 Å². The van der Waals surface area contributed by atoms with Crippen molar-refractivity contribution < 1.29 is 9.13 Å². The molecule has 0 atom stereocenters. The average Bonchev–Trinajstić information content (AvgIpc) is 3.28. The first-order chi connectivity index (χ1) is 10.2. The number of hydrogen-bond acceptors (Lipinski definition) is 2. The van der Waals surface area contributed by atoms with Crippen LogP contribution < -0.4 is 10.1 Å². The van der Waals surface area contributed by atoms with Gasteiger partial charge in [-0.1, -0.05) is 18.2 Å². The maximum atomic E-state index is 13.1. The van der Waals surface area contributed by atoms with Crippen molar-refractivity contribution in [2.75, 3.05) is 0 Å². The predicted molar refractivity (Wildman–Crippen MR) is 84.7 cm³/mol. The molecule has 0 spiro atoms. The molecule has 1 saturated carbocycles. The van der Waals surface area contributed by atoms with Gasteiger partial charge in [0.15, 0.2) is 0 Å². The lowest BCUT2D eigenvalue weighted by Crippen LogP contribution is -2.15. The molecule has 2 nitrogen and oxygen atoms in total. The van der Waals surface area contributed by atoms with Gasteiger partial charge in [0, 0.05) is 12.6 Å². The van der Waals surface area contributed by atoms with Gasteiger partial charge in [0.2, 0.25) is 0 Å². The second kappa shape index (κ2) is 6.58. The Morgan fingerprint density at radius 3 is 2.71 bits per heavy atom.